The van der Waals surface area contributed by atoms with E-state index < -0.39 is 27.4 Å². The first kappa shape index (κ1) is 19.5. The summed E-state index contributed by atoms with van der Waals surface area (Å²) in [6.45, 7) is 0. The van der Waals surface area contributed by atoms with Gasteiger partial charge in [-0.05, 0) is 43.4 Å². The number of aliphatic carboxylic acids is 1. The van der Waals surface area contributed by atoms with Crippen LogP contribution < -0.4 is 4.72 Å². The molecule has 2 aromatic heterocycles. The first-order valence-electron chi connectivity index (χ1n) is 9.81. The lowest BCUT2D eigenvalue weighted by Gasteiger charge is -2.14. The van der Waals surface area contributed by atoms with E-state index in [9.17, 15) is 18.3 Å². The lowest BCUT2D eigenvalue weighted by Crippen LogP contribution is -2.44. The predicted molar refractivity (Wildman–Crippen MR) is 111 cm³/mol. The van der Waals surface area contributed by atoms with Crippen LogP contribution in [0.5, 0.6) is 0 Å². The number of benzene rings is 1. The molecule has 9 heteroatoms. The molecule has 0 bridgehead atoms. The van der Waals surface area contributed by atoms with Gasteiger partial charge in [0.2, 0.25) is 0 Å². The van der Waals surface area contributed by atoms with E-state index in [0.29, 0.717) is 10.6 Å². The van der Waals surface area contributed by atoms with Crippen molar-refractivity contribution in [1.82, 2.24) is 9.88 Å². The monoisotopic (exact) mass is 444 g/mol. The number of hydrogen-bond donors (Lipinski definition) is 2. The smallest absolute Gasteiger partial charge is 0.325 e. The minimum Gasteiger partial charge on any atom is -0.480 e. The Labute approximate surface area is 177 Å². The normalized spacial score (nSPS) is 23.1. The molecule has 1 aromatic carbocycles. The predicted octanol–water partition coefficient (Wildman–Crippen LogP) is 3.57. The molecule has 0 unspecified atom stereocenters. The van der Waals surface area contributed by atoms with E-state index >= 15 is 0 Å². The number of carboxylic acids is 1. The van der Waals surface area contributed by atoms with E-state index in [1.54, 1.807) is 6.07 Å². The van der Waals surface area contributed by atoms with Crippen molar-refractivity contribution in [2.75, 3.05) is 0 Å². The molecule has 2 heterocycles. The summed E-state index contributed by atoms with van der Waals surface area (Å²) in [7, 11) is -4.00. The Hall–Kier alpha value is -2.49. The number of thiophene rings is 1. The number of sulfonamides is 1. The van der Waals surface area contributed by atoms with Gasteiger partial charge in [0.25, 0.3) is 10.0 Å². The molecule has 0 radical (unpaired) electrons. The number of hydrogen-bond acceptors (Lipinski definition) is 6. The third-order valence-corrected chi connectivity index (χ3v) is 8.98. The highest BCUT2D eigenvalue weighted by atomic mass is 32.2. The molecule has 5 rings (SSSR count). The van der Waals surface area contributed by atoms with Crippen LogP contribution in [-0.2, 0) is 27.7 Å². The number of aromatic nitrogens is 1. The number of rotatable bonds is 6. The van der Waals surface area contributed by atoms with Crippen molar-refractivity contribution in [1.29, 1.82) is 0 Å². The minimum absolute atomic E-state index is 0.0735. The first-order chi connectivity index (χ1) is 14.4. The van der Waals surface area contributed by atoms with Crippen LogP contribution in [0.25, 0.3) is 10.6 Å². The Bertz CT molecular complexity index is 1220. The number of carbonyl (C=O) groups is 1. The van der Waals surface area contributed by atoms with Crippen molar-refractivity contribution in [2.45, 2.75) is 47.8 Å². The molecule has 2 N–H and O–H groups in total. The molecular formula is C21H20N2O5S2. The molecule has 0 spiro atoms. The highest BCUT2D eigenvalue weighted by Gasteiger charge is 2.63. The molecule has 7 nitrogen and oxygen atoms in total. The zero-order valence-corrected chi connectivity index (χ0v) is 17.6. The number of aryl methyl sites for hydroxylation is 1. The van der Waals surface area contributed by atoms with Crippen LogP contribution in [0.2, 0.25) is 0 Å². The van der Waals surface area contributed by atoms with Crippen LogP contribution in [0.3, 0.4) is 0 Å². The van der Waals surface area contributed by atoms with E-state index in [-0.39, 0.29) is 10.6 Å². The van der Waals surface area contributed by atoms with Crippen molar-refractivity contribution in [3.05, 3.63) is 59.4 Å². The van der Waals surface area contributed by atoms with Gasteiger partial charge >= 0.3 is 5.97 Å². The molecule has 0 aliphatic heterocycles. The molecule has 2 atom stereocenters. The maximum absolute atomic E-state index is 13.0. The number of nitrogens with zero attached hydrogens (tertiary/aromatic N) is 1. The average molecular weight is 445 g/mol. The molecule has 3 aromatic rings. The second-order valence-electron chi connectivity index (χ2n) is 7.81. The fourth-order valence-corrected chi connectivity index (χ4v) is 6.92. The molecule has 156 valence electrons. The van der Waals surface area contributed by atoms with E-state index in [2.05, 4.69) is 9.88 Å². The third kappa shape index (κ3) is 3.17. The zero-order valence-electron chi connectivity index (χ0n) is 16.0. The van der Waals surface area contributed by atoms with Crippen LogP contribution >= 0.6 is 11.3 Å². The van der Waals surface area contributed by atoms with Gasteiger partial charge in [-0.1, -0.05) is 35.5 Å². The second kappa shape index (κ2) is 7.04. The number of carboxylic acid groups (broad SMARTS) is 1. The van der Waals surface area contributed by atoms with Crippen molar-refractivity contribution >= 4 is 27.3 Å². The third-order valence-electron chi connectivity index (χ3n) is 5.89. The summed E-state index contributed by atoms with van der Waals surface area (Å²) in [5, 5.41) is 13.9. The summed E-state index contributed by atoms with van der Waals surface area (Å²) in [5.41, 5.74) is 1.03. The van der Waals surface area contributed by atoms with Gasteiger partial charge in [0.1, 0.15) is 21.2 Å². The molecule has 1 saturated carbocycles. The van der Waals surface area contributed by atoms with Gasteiger partial charge in [0.05, 0.1) is 4.88 Å². The Kier molecular flexibility index (Phi) is 4.57. The van der Waals surface area contributed by atoms with Crippen LogP contribution in [-0.4, -0.2) is 30.2 Å². The van der Waals surface area contributed by atoms with E-state index in [0.717, 1.165) is 53.9 Å². The first-order valence-corrected chi connectivity index (χ1v) is 12.1. The Morgan fingerprint density at radius 1 is 1.17 bits per heavy atom. The highest BCUT2D eigenvalue weighted by molar-refractivity contribution is 7.91. The minimum atomic E-state index is -4.00. The zero-order chi connectivity index (χ0) is 20.9. The molecule has 2 aliphatic carbocycles. The van der Waals surface area contributed by atoms with Crippen LogP contribution in [0.15, 0.2) is 51.2 Å². The van der Waals surface area contributed by atoms with E-state index in [4.69, 9.17) is 4.52 Å². The van der Waals surface area contributed by atoms with Crippen molar-refractivity contribution in [3.63, 3.8) is 0 Å². The van der Waals surface area contributed by atoms with Crippen molar-refractivity contribution < 1.29 is 22.8 Å². The van der Waals surface area contributed by atoms with Gasteiger partial charge in [0.15, 0.2) is 0 Å². The van der Waals surface area contributed by atoms with Crippen LogP contribution in [0.1, 0.15) is 42.1 Å². The Morgan fingerprint density at radius 3 is 2.70 bits per heavy atom. The van der Waals surface area contributed by atoms with Crippen LogP contribution in [0, 0.1) is 0 Å². The summed E-state index contributed by atoms with van der Waals surface area (Å²) in [5.74, 6) is -0.684. The van der Waals surface area contributed by atoms with Crippen molar-refractivity contribution in [3.8, 4) is 10.6 Å². The fourth-order valence-electron chi connectivity index (χ4n) is 4.20. The summed E-state index contributed by atoms with van der Waals surface area (Å²) >= 11 is 1.08. The Morgan fingerprint density at radius 2 is 1.93 bits per heavy atom. The summed E-state index contributed by atoms with van der Waals surface area (Å²) in [4.78, 5) is 12.7. The van der Waals surface area contributed by atoms with Crippen LogP contribution in [0.4, 0.5) is 0 Å². The SMILES string of the molecule is O=C(O)[C@]1(NS(=O)(=O)c2ccc(-c3noc4c3CCCC4)s2)C[C@@H]1c1ccccc1. The van der Waals surface area contributed by atoms with E-state index in [1.807, 2.05) is 30.3 Å². The second-order valence-corrected chi connectivity index (χ2v) is 10.8. The lowest BCUT2D eigenvalue weighted by atomic mass is 9.96. The molecule has 1 fully saturated rings. The summed E-state index contributed by atoms with van der Waals surface area (Å²) in [6.07, 6.45) is 4.06. The number of fused-ring (bicyclic) bond motifs is 1. The standard InChI is InChI=1S/C21H20N2O5S2/c24-20(25)21(12-15(21)13-6-2-1-3-7-13)23-30(26,27)18-11-10-17(29-18)19-14-8-4-5-9-16(14)28-22-19/h1-3,6-7,10-11,15,23H,4-5,8-9,12H2,(H,24,25)/t15-,21+/m1/s1. The quantitative estimate of drug-likeness (QED) is 0.602. The highest BCUT2D eigenvalue weighted by Crippen LogP contribution is 2.52. The summed E-state index contributed by atoms with van der Waals surface area (Å²) < 4.78 is 34.0. The van der Waals surface area contributed by atoms with Gasteiger partial charge in [-0.25, -0.2) is 8.42 Å². The summed E-state index contributed by atoms with van der Waals surface area (Å²) in [6, 6.07) is 12.3. The molecule has 2 aliphatic rings. The van der Waals surface area contributed by atoms with Gasteiger partial charge in [-0.15, -0.1) is 11.3 Å². The largest absolute Gasteiger partial charge is 0.480 e. The van der Waals surface area contributed by atoms with Crippen molar-refractivity contribution in [2.24, 2.45) is 0 Å². The Balaban J connectivity index is 1.42. The maximum atomic E-state index is 13.0. The van der Waals surface area contributed by atoms with Gasteiger partial charge in [-0.3, -0.25) is 4.79 Å². The molecular weight excluding hydrogens is 424 g/mol. The molecule has 0 amide bonds. The lowest BCUT2D eigenvalue weighted by molar-refractivity contribution is -0.140. The topological polar surface area (TPSA) is 110 Å². The fraction of sp³-hybridized carbons (Fsp3) is 0.333. The maximum Gasteiger partial charge on any atom is 0.325 e. The number of nitrogens with one attached hydrogen (secondary N) is 1. The molecule has 30 heavy (non-hydrogen) atoms. The van der Waals surface area contributed by atoms with Gasteiger partial charge in [-0.2, -0.15) is 4.72 Å². The van der Waals surface area contributed by atoms with E-state index in [1.165, 1.54) is 6.07 Å². The molecule has 0 saturated heterocycles. The van der Waals surface area contributed by atoms with Gasteiger partial charge < -0.3 is 9.63 Å². The van der Waals surface area contributed by atoms with Gasteiger partial charge in [0, 0.05) is 17.9 Å². The average Bonchev–Trinajstić information content (AvgIpc) is 3.07.